The van der Waals surface area contributed by atoms with Gasteiger partial charge >= 0.3 is 0 Å². The molecule has 0 saturated heterocycles. The molecule has 0 unspecified atom stereocenters. The van der Waals surface area contributed by atoms with Gasteiger partial charge in [0.2, 0.25) is 5.91 Å². The molecule has 0 bridgehead atoms. The number of thioether (sulfide) groups is 1. The van der Waals surface area contributed by atoms with Crippen molar-refractivity contribution in [1.29, 1.82) is 0 Å². The summed E-state index contributed by atoms with van der Waals surface area (Å²) >= 11 is 7.46. The number of halogens is 1. The van der Waals surface area contributed by atoms with Gasteiger partial charge in [0.1, 0.15) is 0 Å². The summed E-state index contributed by atoms with van der Waals surface area (Å²) < 4.78 is 0. The summed E-state index contributed by atoms with van der Waals surface area (Å²) in [5, 5.41) is 12.7. The summed E-state index contributed by atoms with van der Waals surface area (Å²) in [6, 6.07) is 5.37. The Hall–Kier alpha value is -0.710. The Morgan fingerprint density at radius 1 is 1.59 bits per heavy atom. The first-order chi connectivity index (χ1) is 8.04. The van der Waals surface area contributed by atoms with Crippen molar-refractivity contribution in [2.24, 2.45) is 0 Å². The van der Waals surface area contributed by atoms with Gasteiger partial charge in [-0.15, -0.1) is 11.8 Å². The molecule has 0 spiro atoms. The van der Waals surface area contributed by atoms with E-state index in [2.05, 4.69) is 5.32 Å². The van der Waals surface area contributed by atoms with Gasteiger partial charge in [-0.05, 0) is 31.5 Å². The van der Waals surface area contributed by atoms with Gasteiger partial charge < -0.3 is 10.4 Å². The third kappa shape index (κ3) is 4.58. The molecule has 94 valence electrons. The van der Waals surface area contributed by atoms with E-state index in [1.54, 1.807) is 13.0 Å². The second-order valence-electron chi connectivity index (χ2n) is 3.61. The number of amides is 1. The summed E-state index contributed by atoms with van der Waals surface area (Å²) in [5.74, 6) is 0.342. The molecule has 2 N–H and O–H groups in total. The number of rotatable bonds is 5. The van der Waals surface area contributed by atoms with Crippen LogP contribution in [0.15, 0.2) is 23.1 Å². The van der Waals surface area contributed by atoms with Crippen molar-refractivity contribution in [3.05, 3.63) is 28.8 Å². The first-order valence-corrected chi connectivity index (χ1v) is 6.78. The maximum Gasteiger partial charge on any atom is 0.230 e. The lowest BCUT2D eigenvalue weighted by Gasteiger charge is -2.08. The molecule has 1 aromatic rings. The third-order valence-corrected chi connectivity index (χ3v) is 3.67. The van der Waals surface area contributed by atoms with Crippen LogP contribution in [-0.4, -0.2) is 23.3 Å². The quantitative estimate of drug-likeness (QED) is 0.811. The molecule has 0 saturated carbocycles. The Morgan fingerprint density at radius 3 is 2.82 bits per heavy atom. The molecule has 0 heterocycles. The summed E-state index contributed by atoms with van der Waals surface area (Å²) in [6.07, 6.45) is -0.532. The van der Waals surface area contributed by atoms with Gasteiger partial charge in [-0.3, -0.25) is 4.79 Å². The Kier molecular flexibility index (Phi) is 5.82. The lowest BCUT2D eigenvalue weighted by molar-refractivity contribution is -0.118. The highest BCUT2D eigenvalue weighted by atomic mass is 35.5. The van der Waals surface area contributed by atoms with E-state index in [-0.39, 0.29) is 5.91 Å². The van der Waals surface area contributed by atoms with Crippen molar-refractivity contribution < 1.29 is 9.90 Å². The fraction of sp³-hybridized carbons (Fsp3) is 0.417. The van der Waals surface area contributed by atoms with Gasteiger partial charge in [-0.2, -0.15) is 0 Å². The van der Waals surface area contributed by atoms with Crippen molar-refractivity contribution in [3.8, 4) is 0 Å². The van der Waals surface area contributed by atoms with Crippen LogP contribution in [0.2, 0.25) is 5.02 Å². The second-order valence-corrected chi connectivity index (χ2v) is 5.03. The molecule has 0 aliphatic heterocycles. The van der Waals surface area contributed by atoms with E-state index in [0.717, 1.165) is 10.5 Å². The first-order valence-electron chi connectivity index (χ1n) is 5.41. The summed E-state index contributed by atoms with van der Waals surface area (Å²) in [6.45, 7) is 4.20. The van der Waals surface area contributed by atoms with Gasteiger partial charge in [-0.25, -0.2) is 0 Å². The van der Waals surface area contributed by atoms with Crippen LogP contribution in [0, 0.1) is 0 Å². The average molecular weight is 274 g/mol. The number of hydrogen-bond acceptors (Lipinski definition) is 3. The van der Waals surface area contributed by atoms with Crippen LogP contribution in [0.5, 0.6) is 0 Å². The molecule has 3 nitrogen and oxygen atoms in total. The van der Waals surface area contributed by atoms with Crippen molar-refractivity contribution in [2.45, 2.75) is 24.8 Å². The van der Waals surface area contributed by atoms with E-state index in [0.29, 0.717) is 17.3 Å². The van der Waals surface area contributed by atoms with E-state index < -0.39 is 6.10 Å². The number of hydrogen-bond donors (Lipinski definition) is 2. The zero-order chi connectivity index (χ0) is 12.8. The number of nitrogens with one attached hydrogen (secondary N) is 1. The first kappa shape index (κ1) is 14.4. The summed E-state index contributed by atoms with van der Waals surface area (Å²) in [5.41, 5.74) is 0.775. The van der Waals surface area contributed by atoms with Gasteiger partial charge in [-0.1, -0.05) is 17.7 Å². The lowest BCUT2D eigenvalue weighted by atomic mass is 10.1. The largest absolute Gasteiger partial charge is 0.389 e. The Balaban J connectivity index is 2.63. The highest BCUT2D eigenvalue weighted by Gasteiger charge is 2.08. The molecule has 0 aromatic heterocycles. The maximum atomic E-state index is 11.3. The van der Waals surface area contributed by atoms with E-state index in [9.17, 15) is 9.90 Å². The molecular formula is C12H16ClNO2S. The summed E-state index contributed by atoms with van der Waals surface area (Å²) in [7, 11) is 0. The number of benzene rings is 1. The molecule has 1 amide bonds. The van der Waals surface area contributed by atoms with E-state index >= 15 is 0 Å². The van der Waals surface area contributed by atoms with Crippen molar-refractivity contribution in [1.82, 2.24) is 5.32 Å². The minimum atomic E-state index is -0.532. The predicted molar refractivity (Wildman–Crippen MR) is 71.5 cm³/mol. The van der Waals surface area contributed by atoms with E-state index in [1.165, 1.54) is 11.8 Å². The molecule has 1 rings (SSSR count). The Morgan fingerprint density at radius 2 is 2.29 bits per heavy atom. The SMILES string of the molecule is CCNC(=O)CSc1ccc([C@@H](C)O)cc1Cl. The molecule has 0 aliphatic rings. The molecule has 17 heavy (non-hydrogen) atoms. The third-order valence-electron chi connectivity index (χ3n) is 2.17. The van der Waals surface area contributed by atoms with Crippen LogP contribution in [-0.2, 0) is 4.79 Å². The van der Waals surface area contributed by atoms with Crippen molar-refractivity contribution in [3.63, 3.8) is 0 Å². The minimum Gasteiger partial charge on any atom is -0.389 e. The molecule has 0 fully saturated rings. The fourth-order valence-corrected chi connectivity index (χ4v) is 2.39. The number of aliphatic hydroxyl groups excluding tert-OH is 1. The standard InChI is InChI=1S/C12H16ClNO2S/c1-3-14-12(16)7-17-11-5-4-9(8(2)15)6-10(11)13/h4-6,8,15H,3,7H2,1-2H3,(H,14,16)/t8-/m1/s1. The number of aliphatic hydroxyl groups is 1. The highest BCUT2D eigenvalue weighted by molar-refractivity contribution is 8.00. The normalized spacial score (nSPS) is 12.2. The van der Waals surface area contributed by atoms with Crippen molar-refractivity contribution in [2.75, 3.05) is 12.3 Å². The fourth-order valence-electron chi connectivity index (χ4n) is 1.29. The number of carbonyl (C=O) groups is 1. The zero-order valence-corrected chi connectivity index (χ0v) is 11.4. The van der Waals surface area contributed by atoms with Gasteiger partial charge in [0.25, 0.3) is 0 Å². The smallest absolute Gasteiger partial charge is 0.230 e. The second kappa shape index (κ2) is 6.89. The molecule has 1 aromatic carbocycles. The van der Waals surface area contributed by atoms with Crippen LogP contribution in [0.3, 0.4) is 0 Å². The van der Waals surface area contributed by atoms with Crippen LogP contribution in [0.1, 0.15) is 25.5 Å². The topological polar surface area (TPSA) is 49.3 Å². The van der Waals surface area contributed by atoms with Gasteiger partial charge in [0, 0.05) is 11.4 Å². The summed E-state index contributed by atoms with van der Waals surface area (Å²) in [4.78, 5) is 12.1. The monoisotopic (exact) mass is 273 g/mol. The molecular weight excluding hydrogens is 258 g/mol. The zero-order valence-electron chi connectivity index (χ0n) is 9.87. The molecule has 0 radical (unpaired) electrons. The van der Waals surface area contributed by atoms with Crippen LogP contribution in [0.4, 0.5) is 0 Å². The van der Waals surface area contributed by atoms with Gasteiger partial charge in [0.15, 0.2) is 0 Å². The van der Waals surface area contributed by atoms with E-state index in [4.69, 9.17) is 11.6 Å². The molecule has 5 heteroatoms. The molecule has 1 atom stereocenters. The Labute approximate surface area is 111 Å². The maximum absolute atomic E-state index is 11.3. The Bertz CT molecular complexity index is 396. The van der Waals surface area contributed by atoms with Crippen LogP contribution < -0.4 is 5.32 Å². The number of carbonyl (C=O) groups excluding carboxylic acids is 1. The lowest BCUT2D eigenvalue weighted by Crippen LogP contribution is -2.24. The van der Waals surface area contributed by atoms with E-state index in [1.807, 2.05) is 19.1 Å². The predicted octanol–water partition coefficient (Wildman–Crippen LogP) is 2.62. The minimum absolute atomic E-state index is 0.00632. The molecule has 0 aliphatic carbocycles. The van der Waals surface area contributed by atoms with Crippen LogP contribution >= 0.6 is 23.4 Å². The van der Waals surface area contributed by atoms with Gasteiger partial charge in [0.05, 0.1) is 16.9 Å². The average Bonchev–Trinajstić information content (AvgIpc) is 2.27. The highest BCUT2D eigenvalue weighted by Crippen LogP contribution is 2.29. The van der Waals surface area contributed by atoms with Crippen LogP contribution in [0.25, 0.3) is 0 Å². The van der Waals surface area contributed by atoms with Crippen molar-refractivity contribution >= 4 is 29.3 Å².